The summed E-state index contributed by atoms with van der Waals surface area (Å²) in [5.41, 5.74) is 1.39. The zero-order valence-corrected chi connectivity index (χ0v) is 12.2. The first kappa shape index (κ1) is 13.1. The molecule has 4 nitrogen and oxygen atoms in total. The number of aromatic nitrogens is 2. The van der Waals surface area contributed by atoms with Crippen LogP contribution in [0.3, 0.4) is 0 Å². The number of ether oxygens (including phenoxy) is 1. The van der Waals surface area contributed by atoms with E-state index in [9.17, 15) is 4.79 Å². The van der Waals surface area contributed by atoms with Crippen molar-refractivity contribution in [3.63, 3.8) is 0 Å². The summed E-state index contributed by atoms with van der Waals surface area (Å²) in [6, 6.07) is 5.50. The van der Waals surface area contributed by atoms with Gasteiger partial charge in [-0.1, -0.05) is 19.9 Å². The third-order valence-electron chi connectivity index (χ3n) is 2.67. The van der Waals surface area contributed by atoms with Crippen molar-refractivity contribution in [1.82, 2.24) is 9.38 Å². The summed E-state index contributed by atoms with van der Waals surface area (Å²) in [6.45, 7) is 4.24. The first-order valence-electron chi connectivity index (χ1n) is 5.78. The molecule has 96 valence electrons. The minimum absolute atomic E-state index is 0.351. The molecule has 5 heteroatoms. The van der Waals surface area contributed by atoms with Crippen molar-refractivity contribution in [2.45, 2.75) is 20.3 Å². The van der Waals surface area contributed by atoms with Gasteiger partial charge in [0.25, 0.3) is 0 Å². The lowest BCUT2D eigenvalue weighted by molar-refractivity contribution is 0.0592. The number of nitrogens with zero attached hydrogens (tertiary/aromatic N) is 2. The number of carbonyl (C=O) groups excluding carboxylic acids is 1. The van der Waals surface area contributed by atoms with Crippen LogP contribution in [0.25, 0.3) is 5.52 Å². The van der Waals surface area contributed by atoms with Gasteiger partial charge >= 0.3 is 5.97 Å². The number of hydrogen-bond acceptors (Lipinski definition) is 3. The lowest BCUT2D eigenvalue weighted by atomic mass is 10.1. The third kappa shape index (κ3) is 2.27. The summed E-state index contributed by atoms with van der Waals surface area (Å²) in [7, 11) is 1.38. The average molecular weight is 311 g/mol. The molecular formula is C13H15BrN2O2. The molecule has 0 atom stereocenters. The smallest absolute Gasteiger partial charge is 0.355 e. The number of fused-ring (bicyclic) bond motifs is 1. The van der Waals surface area contributed by atoms with Crippen molar-refractivity contribution >= 4 is 27.4 Å². The minimum Gasteiger partial charge on any atom is -0.464 e. The quantitative estimate of drug-likeness (QED) is 0.818. The molecule has 2 aromatic heterocycles. The van der Waals surface area contributed by atoms with Crippen LogP contribution in [-0.2, 0) is 11.2 Å². The maximum absolute atomic E-state index is 11.8. The van der Waals surface area contributed by atoms with E-state index in [2.05, 4.69) is 34.8 Å². The van der Waals surface area contributed by atoms with Crippen LogP contribution in [0, 0.1) is 5.92 Å². The van der Waals surface area contributed by atoms with E-state index >= 15 is 0 Å². The van der Waals surface area contributed by atoms with Gasteiger partial charge in [0, 0.05) is 6.42 Å². The Kier molecular flexibility index (Phi) is 3.71. The molecule has 0 aliphatic carbocycles. The van der Waals surface area contributed by atoms with Crippen LogP contribution in [0.1, 0.15) is 30.2 Å². The molecule has 18 heavy (non-hydrogen) atoms. The number of esters is 1. The monoisotopic (exact) mass is 310 g/mol. The van der Waals surface area contributed by atoms with E-state index in [0.29, 0.717) is 11.6 Å². The summed E-state index contributed by atoms with van der Waals surface area (Å²) in [6.07, 6.45) is 0.806. The Balaban J connectivity index is 2.68. The Morgan fingerprint density at radius 3 is 2.83 bits per heavy atom. The molecule has 0 fully saturated rings. The SMILES string of the molecule is COC(=O)c1cccc2c(Br)nc(CC(C)C)n12. The second kappa shape index (κ2) is 5.10. The highest BCUT2D eigenvalue weighted by Crippen LogP contribution is 2.22. The Morgan fingerprint density at radius 2 is 2.22 bits per heavy atom. The van der Waals surface area contributed by atoms with Crippen LogP contribution in [0.4, 0.5) is 0 Å². The summed E-state index contributed by atoms with van der Waals surface area (Å²) >= 11 is 3.43. The Morgan fingerprint density at radius 1 is 1.50 bits per heavy atom. The van der Waals surface area contributed by atoms with Gasteiger partial charge in [-0.15, -0.1) is 0 Å². The van der Waals surface area contributed by atoms with Crippen LogP contribution < -0.4 is 0 Å². The van der Waals surface area contributed by atoms with Gasteiger partial charge in [0.1, 0.15) is 16.1 Å². The van der Waals surface area contributed by atoms with Crippen molar-refractivity contribution in [3.05, 3.63) is 34.3 Å². The zero-order chi connectivity index (χ0) is 13.3. The number of hydrogen-bond donors (Lipinski definition) is 0. The predicted molar refractivity (Wildman–Crippen MR) is 72.8 cm³/mol. The van der Waals surface area contributed by atoms with Gasteiger partial charge < -0.3 is 4.74 Å². The molecule has 0 amide bonds. The fourth-order valence-corrected chi connectivity index (χ4v) is 2.45. The van der Waals surface area contributed by atoms with Crippen LogP contribution in [0.5, 0.6) is 0 Å². The third-order valence-corrected chi connectivity index (χ3v) is 3.26. The molecule has 0 radical (unpaired) electrons. The second-order valence-corrected chi connectivity index (χ2v) is 5.29. The fourth-order valence-electron chi connectivity index (χ4n) is 1.93. The van der Waals surface area contributed by atoms with Crippen molar-refractivity contribution in [3.8, 4) is 0 Å². The Bertz CT molecular complexity index is 590. The van der Waals surface area contributed by atoms with Gasteiger partial charge in [-0.25, -0.2) is 9.78 Å². The van der Waals surface area contributed by atoms with Gasteiger partial charge in [-0.05, 0) is 34.0 Å². The van der Waals surface area contributed by atoms with Crippen molar-refractivity contribution < 1.29 is 9.53 Å². The van der Waals surface area contributed by atoms with E-state index in [1.165, 1.54) is 7.11 Å². The summed E-state index contributed by atoms with van der Waals surface area (Å²) in [5.74, 6) is 0.983. The maximum Gasteiger partial charge on any atom is 0.355 e. The van der Waals surface area contributed by atoms with Crippen molar-refractivity contribution in [1.29, 1.82) is 0 Å². The van der Waals surface area contributed by atoms with E-state index in [-0.39, 0.29) is 5.97 Å². The molecule has 0 aliphatic rings. The molecule has 0 saturated carbocycles. The summed E-state index contributed by atoms with van der Waals surface area (Å²) in [5, 5.41) is 0. The number of rotatable bonds is 3. The minimum atomic E-state index is -0.351. The molecule has 0 bridgehead atoms. The number of carbonyl (C=O) groups is 1. The largest absolute Gasteiger partial charge is 0.464 e. The summed E-state index contributed by atoms with van der Waals surface area (Å²) in [4.78, 5) is 16.3. The number of halogens is 1. The van der Waals surface area contributed by atoms with Gasteiger partial charge in [-0.3, -0.25) is 4.40 Å². The van der Waals surface area contributed by atoms with Gasteiger partial charge in [0.05, 0.1) is 12.6 Å². The van der Waals surface area contributed by atoms with E-state index in [1.807, 2.05) is 16.5 Å². The highest BCUT2D eigenvalue weighted by atomic mass is 79.9. The van der Waals surface area contributed by atoms with Crippen molar-refractivity contribution in [2.75, 3.05) is 7.11 Å². The predicted octanol–water partition coefficient (Wildman–Crippen LogP) is 3.08. The first-order valence-corrected chi connectivity index (χ1v) is 6.58. The van der Waals surface area contributed by atoms with Crippen LogP contribution in [0.15, 0.2) is 22.8 Å². The number of pyridine rings is 1. The van der Waals surface area contributed by atoms with Gasteiger partial charge in [0.15, 0.2) is 0 Å². The molecule has 2 heterocycles. The Labute approximate surface area is 114 Å². The molecule has 0 aromatic carbocycles. The number of imidazole rings is 1. The van der Waals surface area contributed by atoms with E-state index in [4.69, 9.17) is 4.74 Å². The molecule has 0 aliphatic heterocycles. The van der Waals surface area contributed by atoms with E-state index in [0.717, 1.165) is 22.4 Å². The molecule has 2 aromatic rings. The average Bonchev–Trinajstić information content (AvgIpc) is 2.65. The van der Waals surface area contributed by atoms with E-state index in [1.54, 1.807) is 6.07 Å². The second-order valence-electron chi connectivity index (χ2n) is 4.54. The molecule has 0 N–H and O–H groups in total. The molecular weight excluding hydrogens is 296 g/mol. The highest BCUT2D eigenvalue weighted by molar-refractivity contribution is 9.10. The van der Waals surface area contributed by atoms with Crippen molar-refractivity contribution in [2.24, 2.45) is 5.92 Å². The van der Waals surface area contributed by atoms with Crippen LogP contribution in [-0.4, -0.2) is 22.5 Å². The zero-order valence-electron chi connectivity index (χ0n) is 10.6. The topological polar surface area (TPSA) is 43.6 Å². The molecule has 0 spiro atoms. The Hall–Kier alpha value is -1.36. The first-order chi connectivity index (χ1) is 8.54. The van der Waals surface area contributed by atoms with Gasteiger partial charge in [0.2, 0.25) is 0 Å². The normalized spacial score (nSPS) is 11.2. The standard InChI is InChI=1S/C13H15BrN2O2/c1-8(2)7-11-15-12(14)9-5-4-6-10(16(9)11)13(17)18-3/h4-6,8H,7H2,1-3H3. The highest BCUT2D eigenvalue weighted by Gasteiger charge is 2.17. The summed E-state index contributed by atoms with van der Waals surface area (Å²) < 4.78 is 7.42. The fraction of sp³-hybridized carbons (Fsp3) is 0.385. The molecule has 0 unspecified atom stereocenters. The van der Waals surface area contributed by atoms with Gasteiger partial charge in [-0.2, -0.15) is 0 Å². The molecule has 2 rings (SSSR count). The van der Waals surface area contributed by atoms with Crippen LogP contribution in [0.2, 0.25) is 0 Å². The number of methoxy groups -OCH3 is 1. The maximum atomic E-state index is 11.8. The molecule has 0 saturated heterocycles. The van der Waals surface area contributed by atoms with E-state index < -0.39 is 0 Å². The lowest BCUT2D eigenvalue weighted by Gasteiger charge is -2.08. The van der Waals surface area contributed by atoms with Crippen LogP contribution >= 0.6 is 15.9 Å². The lowest BCUT2D eigenvalue weighted by Crippen LogP contribution is -2.11.